The Morgan fingerprint density at radius 1 is 1.23 bits per heavy atom. The molecule has 0 saturated heterocycles. The Bertz CT molecular complexity index is 1220. The van der Waals surface area contributed by atoms with Gasteiger partial charge in [0.05, 0.1) is 11.9 Å². The molecule has 31 heavy (non-hydrogen) atoms. The number of hydrogen-bond acceptors (Lipinski definition) is 5. The summed E-state index contributed by atoms with van der Waals surface area (Å²) in [5.41, 5.74) is 1.91. The summed E-state index contributed by atoms with van der Waals surface area (Å²) in [6, 6.07) is 13.1. The monoisotopic (exact) mass is 443 g/mol. The Hall–Kier alpha value is -3.20. The van der Waals surface area contributed by atoms with Gasteiger partial charge in [-0.3, -0.25) is 9.48 Å². The molecule has 3 aromatic rings. The molecular formula is C22H22FN3O4S. The quantitative estimate of drug-likeness (QED) is 0.577. The van der Waals surface area contributed by atoms with Gasteiger partial charge in [0.1, 0.15) is 18.2 Å². The van der Waals surface area contributed by atoms with Crippen LogP contribution in [0.4, 0.5) is 4.39 Å². The number of carbonyl (C=O) groups excluding carboxylic acids is 1. The normalized spacial score (nSPS) is 13.7. The lowest BCUT2D eigenvalue weighted by Crippen LogP contribution is -2.29. The molecule has 1 fully saturated rings. The van der Waals surface area contributed by atoms with E-state index in [2.05, 4.69) is 5.10 Å². The average Bonchev–Trinajstić information content (AvgIpc) is 3.40. The molecule has 9 heteroatoms. The number of rotatable bonds is 8. The second kappa shape index (κ2) is 8.50. The van der Waals surface area contributed by atoms with Crippen molar-refractivity contribution in [1.29, 1.82) is 0 Å². The molecule has 2 aromatic carbocycles. The molecule has 1 heterocycles. The fraction of sp³-hybridized carbons (Fsp3) is 0.273. The SMILES string of the molecule is CS(=O)(=O)NC(=O)c1ccc(COc2cccc(-c3ccn(CC4CC4)n3)c2)c(F)c1. The number of hydrogen-bond donors (Lipinski definition) is 1. The van der Waals surface area contributed by atoms with E-state index in [-0.39, 0.29) is 17.7 Å². The van der Waals surface area contributed by atoms with Crippen LogP contribution in [0.1, 0.15) is 28.8 Å². The molecule has 7 nitrogen and oxygen atoms in total. The van der Waals surface area contributed by atoms with Crippen molar-refractivity contribution in [3.63, 3.8) is 0 Å². The fourth-order valence-electron chi connectivity index (χ4n) is 3.12. The van der Waals surface area contributed by atoms with Crippen molar-refractivity contribution < 1.29 is 22.3 Å². The van der Waals surface area contributed by atoms with Crippen LogP contribution in [0.5, 0.6) is 5.75 Å². The summed E-state index contributed by atoms with van der Waals surface area (Å²) >= 11 is 0. The van der Waals surface area contributed by atoms with E-state index in [4.69, 9.17) is 4.74 Å². The lowest BCUT2D eigenvalue weighted by molar-refractivity contribution is 0.0981. The van der Waals surface area contributed by atoms with Crippen molar-refractivity contribution >= 4 is 15.9 Å². The van der Waals surface area contributed by atoms with E-state index in [1.165, 1.54) is 25.0 Å². The van der Waals surface area contributed by atoms with Gasteiger partial charge in [0.25, 0.3) is 5.91 Å². The Morgan fingerprint density at radius 3 is 2.74 bits per heavy atom. The topological polar surface area (TPSA) is 90.3 Å². The molecule has 1 aliphatic rings. The molecule has 0 spiro atoms. The van der Waals surface area contributed by atoms with Gasteiger partial charge >= 0.3 is 0 Å². The van der Waals surface area contributed by atoms with Gasteiger partial charge in [-0.15, -0.1) is 0 Å². The smallest absolute Gasteiger partial charge is 0.264 e. The van der Waals surface area contributed by atoms with Crippen molar-refractivity contribution in [2.75, 3.05) is 6.26 Å². The number of halogens is 1. The van der Waals surface area contributed by atoms with E-state index in [1.807, 2.05) is 35.1 Å². The Balaban J connectivity index is 1.41. The number of nitrogens with zero attached hydrogens (tertiary/aromatic N) is 2. The predicted octanol–water partition coefficient (Wildman–Crippen LogP) is 3.37. The van der Waals surface area contributed by atoms with Gasteiger partial charge in [0.15, 0.2) is 0 Å². The second-order valence-corrected chi connectivity index (χ2v) is 9.44. The number of sulfonamides is 1. The van der Waals surface area contributed by atoms with Crippen molar-refractivity contribution in [3.8, 4) is 17.0 Å². The molecule has 0 unspecified atom stereocenters. The predicted molar refractivity (Wildman–Crippen MR) is 113 cm³/mol. The third kappa shape index (κ3) is 5.69. The minimum Gasteiger partial charge on any atom is -0.489 e. The largest absolute Gasteiger partial charge is 0.489 e. The van der Waals surface area contributed by atoms with Crippen LogP contribution in [-0.2, 0) is 23.2 Å². The van der Waals surface area contributed by atoms with Crippen LogP contribution in [0.2, 0.25) is 0 Å². The van der Waals surface area contributed by atoms with E-state index >= 15 is 0 Å². The third-order valence-electron chi connectivity index (χ3n) is 4.90. The first kappa shape index (κ1) is 21.0. The van der Waals surface area contributed by atoms with Gasteiger partial charge in [-0.1, -0.05) is 18.2 Å². The van der Waals surface area contributed by atoms with Gasteiger partial charge in [-0.05, 0) is 49.1 Å². The minimum absolute atomic E-state index is 0.0423. The first-order chi connectivity index (χ1) is 14.8. The van der Waals surface area contributed by atoms with E-state index in [0.29, 0.717) is 5.75 Å². The lowest BCUT2D eigenvalue weighted by atomic mass is 10.1. The summed E-state index contributed by atoms with van der Waals surface area (Å²) in [6.07, 6.45) is 5.35. The van der Waals surface area contributed by atoms with Crippen molar-refractivity contribution in [2.45, 2.75) is 26.0 Å². The molecule has 162 valence electrons. The Kier molecular flexibility index (Phi) is 5.77. The highest BCUT2D eigenvalue weighted by molar-refractivity contribution is 7.89. The van der Waals surface area contributed by atoms with Gasteiger partial charge in [0.2, 0.25) is 10.0 Å². The van der Waals surface area contributed by atoms with Crippen LogP contribution in [0.25, 0.3) is 11.3 Å². The standard InChI is InChI=1S/C22H22FN3O4S/c1-31(28,29)25-22(27)17-7-8-18(20(23)12-17)14-30-19-4-2-3-16(11-19)21-9-10-26(24-21)13-15-5-6-15/h2-4,7-12,15H,5-6,13-14H2,1H3,(H,25,27). The Labute approximate surface area is 179 Å². The summed E-state index contributed by atoms with van der Waals surface area (Å²) in [6.45, 7) is 0.896. The van der Waals surface area contributed by atoms with Gasteiger partial charge in [-0.2, -0.15) is 5.10 Å². The van der Waals surface area contributed by atoms with Gasteiger partial charge in [-0.25, -0.2) is 17.5 Å². The summed E-state index contributed by atoms with van der Waals surface area (Å²) in [7, 11) is -3.72. The van der Waals surface area contributed by atoms with E-state index in [0.717, 1.165) is 36.0 Å². The van der Waals surface area contributed by atoms with Crippen molar-refractivity contribution in [1.82, 2.24) is 14.5 Å². The molecule has 1 N–H and O–H groups in total. The van der Waals surface area contributed by atoms with Gasteiger partial charge in [0, 0.05) is 29.4 Å². The minimum atomic E-state index is -3.72. The zero-order chi connectivity index (χ0) is 22.0. The maximum atomic E-state index is 14.4. The summed E-state index contributed by atoms with van der Waals surface area (Å²) < 4.78 is 46.2. The van der Waals surface area contributed by atoms with Crippen molar-refractivity contribution in [2.24, 2.45) is 5.92 Å². The van der Waals surface area contributed by atoms with Crippen LogP contribution in [-0.4, -0.2) is 30.4 Å². The zero-order valence-electron chi connectivity index (χ0n) is 16.9. The summed E-state index contributed by atoms with van der Waals surface area (Å²) in [5.74, 6) is -0.243. The van der Waals surface area contributed by atoms with E-state index in [1.54, 1.807) is 10.8 Å². The second-order valence-electron chi connectivity index (χ2n) is 7.69. The lowest BCUT2D eigenvalue weighted by Gasteiger charge is -2.10. The highest BCUT2D eigenvalue weighted by Crippen LogP contribution is 2.31. The maximum absolute atomic E-state index is 14.4. The maximum Gasteiger partial charge on any atom is 0.264 e. The molecule has 0 bridgehead atoms. The number of benzene rings is 2. The van der Waals surface area contributed by atoms with Crippen molar-refractivity contribution in [3.05, 3.63) is 71.7 Å². The first-order valence-corrected chi connectivity index (χ1v) is 11.7. The van der Waals surface area contributed by atoms with Crippen LogP contribution in [0.15, 0.2) is 54.7 Å². The molecule has 1 aromatic heterocycles. The highest BCUT2D eigenvalue weighted by atomic mass is 32.2. The molecule has 1 aliphatic carbocycles. The summed E-state index contributed by atoms with van der Waals surface area (Å²) in [4.78, 5) is 11.8. The van der Waals surface area contributed by atoms with E-state index < -0.39 is 21.7 Å². The van der Waals surface area contributed by atoms with E-state index in [9.17, 15) is 17.6 Å². The number of aromatic nitrogens is 2. The zero-order valence-corrected chi connectivity index (χ0v) is 17.7. The van der Waals surface area contributed by atoms with Crippen LogP contribution >= 0.6 is 0 Å². The molecule has 1 saturated carbocycles. The number of amides is 1. The third-order valence-corrected chi connectivity index (χ3v) is 5.46. The first-order valence-electron chi connectivity index (χ1n) is 9.84. The van der Waals surface area contributed by atoms with Crippen LogP contribution in [0, 0.1) is 11.7 Å². The molecular weight excluding hydrogens is 421 g/mol. The molecule has 0 aliphatic heterocycles. The molecule has 4 rings (SSSR count). The Morgan fingerprint density at radius 2 is 2.03 bits per heavy atom. The van der Waals surface area contributed by atoms with Crippen LogP contribution in [0.3, 0.4) is 0 Å². The number of ether oxygens (including phenoxy) is 1. The number of nitrogens with one attached hydrogen (secondary N) is 1. The molecule has 1 amide bonds. The molecule has 0 radical (unpaired) electrons. The number of carbonyl (C=O) groups is 1. The summed E-state index contributed by atoms with van der Waals surface area (Å²) in [5, 5.41) is 4.61. The van der Waals surface area contributed by atoms with Crippen LogP contribution < -0.4 is 9.46 Å². The highest BCUT2D eigenvalue weighted by Gasteiger charge is 2.22. The fourth-order valence-corrected chi connectivity index (χ4v) is 3.58. The molecule has 0 atom stereocenters. The average molecular weight is 444 g/mol. The van der Waals surface area contributed by atoms with Gasteiger partial charge < -0.3 is 4.74 Å².